The molecule has 0 heterocycles. The number of esters is 1. The van der Waals surface area contributed by atoms with Crippen molar-refractivity contribution in [2.75, 3.05) is 14.2 Å². The number of nitriles is 1. The first-order chi connectivity index (χ1) is 8.60. The number of rotatable bonds is 4. The summed E-state index contributed by atoms with van der Waals surface area (Å²) in [6.07, 6.45) is 1.45. The molecule has 0 saturated heterocycles. The zero-order chi connectivity index (χ0) is 13.5. The first-order valence-corrected chi connectivity index (χ1v) is 5.13. The van der Waals surface area contributed by atoms with Crippen LogP contribution in [0, 0.1) is 11.3 Å². The van der Waals surface area contributed by atoms with E-state index in [1.54, 1.807) is 24.3 Å². The molecule has 1 aromatic carbocycles. The molecule has 0 fully saturated rings. The van der Waals surface area contributed by atoms with E-state index in [1.165, 1.54) is 27.2 Å². The number of nitrogens with zero attached hydrogens (tertiary/aromatic N) is 1. The lowest BCUT2D eigenvalue weighted by Crippen LogP contribution is -1.97. The number of methoxy groups -OCH3 is 2. The second-order valence-corrected chi connectivity index (χ2v) is 3.33. The highest BCUT2D eigenvalue weighted by Gasteiger charge is 2.05. The van der Waals surface area contributed by atoms with Crippen LogP contribution in [0.1, 0.15) is 12.5 Å². The second kappa shape index (κ2) is 6.30. The summed E-state index contributed by atoms with van der Waals surface area (Å²) in [6.45, 7) is 1.24. The summed E-state index contributed by atoms with van der Waals surface area (Å²) < 4.78 is 14.9. The molecule has 0 aliphatic heterocycles. The molecule has 0 N–H and O–H groups in total. The fraction of sp³-hybridized carbons (Fsp3) is 0.231. The Morgan fingerprint density at radius 1 is 1.28 bits per heavy atom. The maximum atomic E-state index is 10.8. The van der Waals surface area contributed by atoms with Gasteiger partial charge < -0.3 is 14.2 Å². The maximum Gasteiger partial charge on any atom is 0.308 e. The molecule has 0 bridgehead atoms. The van der Waals surface area contributed by atoms with Gasteiger partial charge in [-0.1, -0.05) is 6.07 Å². The summed E-state index contributed by atoms with van der Waals surface area (Å²) >= 11 is 0. The van der Waals surface area contributed by atoms with Crippen LogP contribution in [0.3, 0.4) is 0 Å². The van der Waals surface area contributed by atoms with Gasteiger partial charge in [-0.25, -0.2) is 0 Å². The van der Waals surface area contributed by atoms with Gasteiger partial charge in [-0.05, 0) is 23.8 Å². The summed E-state index contributed by atoms with van der Waals surface area (Å²) in [7, 11) is 3.05. The predicted octanol–water partition coefficient (Wildman–Crippen LogP) is 2.13. The van der Waals surface area contributed by atoms with Gasteiger partial charge in [0.15, 0.2) is 11.5 Å². The summed E-state index contributed by atoms with van der Waals surface area (Å²) in [5, 5.41) is 8.81. The maximum absolute atomic E-state index is 10.8. The topological polar surface area (TPSA) is 68.5 Å². The van der Waals surface area contributed by atoms with Crippen molar-refractivity contribution >= 4 is 12.0 Å². The van der Waals surface area contributed by atoms with Crippen LogP contribution in [0.15, 0.2) is 24.0 Å². The van der Waals surface area contributed by atoms with Crippen LogP contribution < -0.4 is 9.47 Å². The summed E-state index contributed by atoms with van der Waals surface area (Å²) in [5.41, 5.74) is 0.672. The van der Waals surface area contributed by atoms with E-state index in [2.05, 4.69) is 0 Å². The van der Waals surface area contributed by atoms with Gasteiger partial charge in [-0.3, -0.25) is 4.79 Å². The Balaban J connectivity index is 3.07. The highest BCUT2D eigenvalue weighted by Crippen LogP contribution is 2.28. The van der Waals surface area contributed by atoms with Crippen LogP contribution in [0.2, 0.25) is 0 Å². The van der Waals surface area contributed by atoms with Crippen molar-refractivity contribution in [3.05, 3.63) is 29.5 Å². The van der Waals surface area contributed by atoms with Crippen molar-refractivity contribution < 1.29 is 19.0 Å². The van der Waals surface area contributed by atoms with Gasteiger partial charge in [0, 0.05) is 6.92 Å². The first-order valence-electron chi connectivity index (χ1n) is 5.13. The molecule has 0 aliphatic carbocycles. The highest BCUT2D eigenvalue weighted by molar-refractivity contribution is 5.70. The van der Waals surface area contributed by atoms with Crippen LogP contribution in [0.4, 0.5) is 0 Å². The number of ether oxygens (including phenoxy) is 3. The molecule has 18 heavy (non-hydrogen) atoms. The Bertz CT molecular complexity index is 514. The first kappa shape index (κ1) is 13.6. The van der Waals surface area contributed by atoms with Crippen molar-refractivity contribution in [2.45, 2.75) is 6.92 Å². The second-order valence-electron chi connectivity index (χ2n) is 3.33. The van der Waals surface area contributed by atoms with Gasteiger partial charge in [0.25, 0.3) is 0 Å². The molecule has 5 heteroatoms. The van der Waals surface area contributed by atoms with Crippen LogP contribution in [0.25, 0.3) is 6.08 Å². The van der Waals surface area contributed by atoms with E-state index < -0.39 is 5.97 Å². The van der Waals surface area contributed by atoms with E-state index in [4.69, 9.17) is 19.5 Å². The smallest absolute Gasteiger partial charge is 0.308 e. The van der Waals surface area contributed by atoms with E-state index in [0.29, 0.717) is 17.1 Å². The number of benzene rings is 1. The molecule has 0 amide bonds. The lowest BCUT2D eigenvalue weighted by molar-refractivity contribution is -0.136. The van der Waals surface area contributed by atoms with Gasteiger partial charge in [-0.15, -0.1) is 0 Å². The normalized spacial score (nSPS) is 10.4. The van der Waals surface area contributed by atoms with Gasteiger partial charge in [0.1, 0.15) is 6.07 Å². The Morgan fingerprint density at radius 2 is 1.94 bits per heavy atom. The van der Waals surface area contributed by atoms with Crippen molar-refractivity contribution in [3.63, 3.8) is 0 Å². The molecule has 0 atom stereocenters. The molecular weight excluding hydrogens is 234 g/mol. The molecule has 0 spiro atoms. The Morgan fingerprint density at radius 3 is 2.44 bits per heavy atom. The lowest BCUT2D eigenvalue weighted by atomic mass is 10.2. The molecule has 0 aliphatic rings. The third-order valence-corrected chi connectivity index (χ3v) is 2.07. The third kappa shape index (κ3) is 3.52. The Hall–Kier alpha value is -2.48. The number of allylic oxidation sites excluding steroid dienone is 1. The van der Waals surface area contributed by atoms with E-state index in [0.717, 1.165) is 0 Å². The zero-order valence-corrected chi connectivity index (χ0v) is 10.4. The molecule has 0 saturated carbocycles. The van der Waals surface area contributed by atoms with Crippen LogP contribution >= 0.6 is 0 Å². The van der Waals surface area contributed by atoms with E-state index in [1.807, 2.05) is 0 Å². The summed E-state index contributed by atoms with van der Waals surface area (Å²) in [6, 6.07) is 6.90. The van der Waals surface area contributed by atoms with Gasteiger partial charge in [0.05, 0.1) is 14.2 Å². The molecule has 0 radical (unpaired) electrons. The minimum Gasteiger partial charge on any atom is -0.493 e. The number of hydrogen-bond acceptors (Lipinski definition) is 5. The van der Waals surface area contributed by atoms with Crippen molar-refractivity contribution in [1.29, 1.82) is 5.26 Å². The minimum absolute atomic E-state index is 0.0743. The quantitative estimate of drug-likeness (QED) is 0.463. The zero-order valence-electron chi connectivity index (χ0n) is 10.4. The molecule has 0 unspecified atom stereocenters. The van der Waals surface area contributed by atoms with Gasteiger partial charge >= 0.3 is 5.97 Å². The molecular formula is C13H13NO4. The average molecular weight is 247 g/mol. The summed E-state index contributed by atoms with van der Waals surface area (Å²) in [4.78, 5) is 10.8. The number of carbonyl (C=O) groups is 1. The average Bonchev–Trinajstić information content (AvgIpc) is 2.37. The van der Waals surface area contributed by atoms with Gasteiger partial charge in [0.2, 0.25) is 5.76 Å². The molecule has 0 aromatic heterocycles. The minimum atomic E-state index is -0.539. The van der Waals surface area contributed by atoms with E-state index >= 15 is 0 Å². The van der Waals surface area contributed by atoms with E-state index in [9.17, 15) is 4.79 Å². The fourth-order valence-corrected chi connectivity index (χ4v) is 1.33. The number of hydrogen-bond donors (Lipinski definition) is 0. The van der Waals surface area contributed by atoms with Crippen LogP contribution in [-0.2, 0) is 9.53 Å². The molecule has 94 valence electrons. The third-order valence-electron chi connectivity index (χ3n) is 2.07. The lowest BCUT2D eigenvalue weighted by Gasteiger charge is -2.07. The largest absolute Gasteiger partial charge is 0.493 e. The van der Waals surface area contributed by atoms with Crippen molar-refractivity contribution in [2.24, 2.45) is 0 Å². The summed E-state index contributed by atoms with van der Waals surface area (Å²) in [5.74, 6) is 0.505. The highest BCUT2D eigenvalue weighted by atomic mass is 16.5. The van der Waals surface area contributed by atoms with Gasteiger partial charge in [-0.2, -0.15) is 5.26 Å². The van der Waals surface area contributed by atoms with Crippen LogP contribution in [-0.4, -0.2) is 20.2 Å². The Kier molecular flexibility index (Phi) is 4.76. The molecule has 1 aromatic rings. The van der Waals surface area contributed by atoms with E-state index in [-0.39, 0.29) is 5.76 Å². The fourth-order valence-electron chi connectivity index (χ4n) is 1.33. The van der Waals surface area contributed by atoms with Crippen molar-refractivity contribution in [1.82, 2.24) is 0 Å². The van der Waals surface area contributed by atoms with Crippen molar-refractivity contribution in [3.8, 4) is 17.6 Å². The Labute approximate surface area is 105 Å². The standard InChI is InChI=1S/C13H13NO4/c1-9(15)18-11(8-14)6-10-4-5-12(16-2)13(7-10)17-3/h4-7H,1-3H3/b11-6+. The molecule has 1 rings (SSSR count). The van der Waals surface area contributed by atoms with Crippen LogP contribution in [0.5, 0.6) is 11.5 Å². The SMILES string of the molecule is COc1ccc(/C=C(\C#N)OC(C)=O)cc1OC. The predicted molar refractivity (Wildman–Crippen MR) is 64.9 cm³/mol. The monoisotopic (exact) mass is 247 g/mol. The molecule has 5 nitrogen and oxygen atoms in total. The number of carbonyl (C=O) groups excluding carboxylic acids is 1.